The molecule has 0 atom stereocenters. The SMILES string of the molecule is CCc1noc(-c2ccc(CCNC(=NC)N(C)Cc3cccn3C)cc2)n1.I. The highest BCUT2D eigenvalue weighted by atomic mass is 127. The lowest BCUT2D eigenvalue weighted by atomic mass is 10.1. The third-order valence-corrected chi connectivity index (χ3v) is 4.71. The van der Waals surface area contributed by atoms with Crippen molar-refractivity contribution in [3.8, 4) is 11.5 Å². The molecule has 29 heavy (non-hydrogen) atoms. The highest BCUT2D eigenvalue weighted by molar-refractivity contribution is 14.0. The van der Waals surface area contributed by atoms with E-state index < -0.39 is 0 Å². The normalized spacial score (nSPS) is 11.2. The van der Waals surface area contributed by atoms with Crippen molar-refractivity contribution >= 4 is 29.9 Å². The second-order valence-electron chi connectivity index (χ2n) is 6.76. The summed E-state index contributed by atoms with van der Waals surface area (Å²) >= 11 is 0. The first-order valence-corrected chi connectivity index (χ1v) is 9.54. The van der Waals surface area contributed by atoms with Gasteiger partial charge in [-0.3, -0.25) is 4.99 Å². The fourth-order valence-electron chi connectivity index (χ4n) is 3.01. The monoisotopic (exact) mass is 508 g/mol. The van der Waals surface area contributed by atoms with Crippen LogP contribution >= 0.6 is 24.0 Å². The molecule has 0 aliphatic rings. The summed E-state index contributed by atoms with van der Waals surface area (Å²) in [6, 6.07) is 12.4. The average Bonchev–Trinajstić information content (AvgIpc) is 3.35. The summed E-state index contributed by atoms with van der Waals surface area (Å²) in [4.78, 5) is 10.9. The van der Waals surface area contributed by atoms with Gasteiger partial charge in [0.05, 0.1) is 6.54 Å². The molecule has 0 radical (unpaired) electrons. The lowest BCUT2D eigenvalue weighted by Crippen LogP contribution is -2.39. The number of hydrogen-bond donors (Lipinski definition) is 1. The van der Waals surface area contributed by atoms with Gasteiger partial charge in [0.1, 0.15) is 0 Å². The average molecular weight is 508 g/mol. The van der Waals surface area contributed by atoms with E-state index >= 15 is 0 Å². The number of guanidine groups is 1. The van der Waals surface area contributed by atoms with Crippen molar-refractivity contribution in [2.24, 2.45) is 12.0 Å². The van der Waals surface area contributed by atoms with Crippen LogP contribution in [0, 0.1) is 0 Å². The van der Waals surface area contributed by atoms with Gasteiger partial charge in [-0.25, -0.2) is 0 Å². The molecule has 2 aromatic heterocycles. The Morgan fingerprint density at radius 3 is 2.59 bits per heavy atom. The fraction of sp³-hybridized carbons (Fsp3) is 0.381. The molecule has 0 saturated carbocycles. The second-order valence-corrected chi connectivity index (χ2v) is 6.76. The molecule has 0 spiro atoms. The summed E-state index contributed by atoms with van der Waals surface area (Å²) < 4.78 is 7.41. The zero-order valence-corrected chi connectivity index (χ0v) is 19.8. The summed E-state index contributed by atoms with van der Waals surface area (Å²) in [7, 11) is 5.92. The molecule has 8 heteroatoms. The van der Waals surface area contributed by atoms with Gasteiger partial charge in [0.25, 0.3) is 5.89 Å². The van der Waals surface area contributed by atoms with Crippen LogP contribution in [0.15, 0.2) is 52.1 Å². The first kappa shape index (κ1) is 22.9. The molecule has 3 rings (SSSR count). The van der Waals surface area contributed by atoms with Gasteiger partial charge in [-0.2, -0.15) is 4.98 Å². The Morgan fingerprint density at radius 2 is 2.00 bits per heavy atom. The maximum Gasteiger partial charge on any atom is 0.257 e. The molecule has 7 nitrogen and oxygen atoms in total. The lowest BCUT2D eigenvalue weighted by molar-refractivity contribution is 0.423. The van der Waals surface area contributed by atoms with Crippen LogP contribution < -0.4 is 5.32 Å². The quantitative estimate of drug-likeness (QED) is 0.301. The molecular weight excluding hydrogens is 479 g/mol. The van der Waals surface area contributed by atoms with Gasteiger partial charge in [0, 0.05) is 51.6 Å². The van der Waals surface area contributed by atoms with E-state index in [0.29, 0.717) is 5.89 Å². The highest BCUT2D eigenvalue weighted by Gasteiger charge is 2.09. The number of hydrogen-bond acceptors (Lipinski definition) is 4. The Balaban J connectivity index is 0.00000300. The fourth-order valence-corrected chi connectivity index (χ4v) is 3.01. The smallest absolute Gasteiger partial charge is 0.257 e. The summed E-state index contributed by atoms with van der Waals surface area (Å²) in [5.74, 6) is 2.19. The van der Waals surface area contributed by atoms with Crippen LogP contribution in [-0.2, 0) is 26.4 Å². The van der Waals surface area contributed by atoms with Crippen LogP contribution in [-0.4, -0.2) is 46.2 Å². The Bertz CT molecular complexity index is 915. The molecule has 0 amide bonds. The molecule has 0 aliphatic carbocycles. The Kier molecular flexibility index (Phi) is 8.69. The number of aryl methyl sites for hydroxylation is 2. The minimum Gasteiger partial charge on any atom is -0.356 e. The molecule has 1 aromatic carbocycles. The maximum atomic E-state index is 5.29. The van der Waals surface area contributed by atoms with E-state index in [0.717, 1.165) is 43.3 Å². The van der Waals surface area contributed by atoms with Gasteiger partial charge in [-0.15, -0.1) is 24.0 Å². The molecule has 3 aromatic rings. The predicted molar refractivity (Wildman–Crippen MR) is 126 cm³/mol. The van der Waals surface area contributed by atoms with Gasteiger partial charge in [-0.1, -0.05) is 24.2 Å². The van der Waals surface area contributed by atoms with Crippen LogP contribution in [0.4, 0.5) is 0 Å². The van der Waals surface area contributed by atoms with Crippen molar-refractivity contribution < 1.29 is 4.52 Å². The van der Waals surface area contributed by atoms with Crippen LogP contribution in [0.3, 0.4) is 0 Å². The van der Waals surface area contributed by atoms with Gasteiger partial charge in [-0.05, 0) is 36.2 Å². The third-order valence-electron chi connectivity index (χ3n) is 4.71. The van der Waals surface area contributed by atoms with Crippen molar-refractivity contribution in [2.45, 2.75) is 26.3 Å². The molecular formula is C21H29IN6O. The molecule has 156 valence electrons. The summed E-state index contributed by atoms with van der Waals surface area (Å²) in [6.45, 7) is 3.63. The minimum atomic E-state index is 0. The number of nitrogens with one attached hydrogen (secondary N) is 1. The number of benzene rings is 1. The van der Waals surface area contributed by atoms with Crippen LogP contribution in [0.25, 0.3) is 11.5 Å². The van der Waals surface area contributed by atoms with Crippen LogP contribution in [0.1, 0.15) is 24.0 Å². The maximum absolute atomic E-state index is 5.29. The van der Waals surface area contributed by atoms with Crippen molar-refractivity contribution in [3.63, 3.8) is 0 Å². The van der Waals surface area contributed by atoms with Crippen LogP contribution in [0.5, 0.6) is 0 Å². The van der Waals surface area contributed by atoms with E-state index in [1.165, 1.54) is 11.3 Å². The van der Waals surface area contributed by atoms with E-state index in [4.69, 9.17) is 4.52 Å². The van der Waals surface area contributed by atoms with E-state index in [9.17, 15) is 0 Å². The Labute approximate surface area is 189 Å². The molecule has 2 heterocycles. The second kappa shape index (κ2) is 11.0. The van der Waals surface area contributed by atoms with Crippen molar-refractivity contribution in [3.05, 3.63) is 59.7 Å². The number of aromatic nitrogens is 3. The molecule has 0 aliphatic heterocycles. The third kappa shape index (κ3) is 6.06. The number of aliphatic imine (C=N–C) groups is 1. The Hall–Kier alpha value is -2.36. The van der Waals surface area contributed by atoms with Gasteiger partial charge < -0.3 is 19.3 Å². The minimum absolute atomic E-state index is 0. The highest BCUT2D eigenvalue weighted by Crippen LogP contribution is 2.18. The van der Waals surface area contributed by atoms with Crippen molar-refractivity contribution in [1.29, 1.82) is 0 Å². The topological polar surface area (TPSA) is 71.5 Å². The van der Waals surface area contributed by atoms with E-state index in [-0.39, 0.29) is 24.0 Å². The van der Waals surface area contributed by atoms with Gasteiger partial charge in [0.2, 0.25) is 0 Å². The van der Waals surface area contributed by atoms with Crippen LogP contribution in [0.2, 0.25) is 0 Å². The van der Waals surface area contributed by atoms with E-state index in [1.54, 1.807) is 0 Å². The van der Waals surface area contributed by atoms with Gasteiger partial charge in [0.15, 0.2) is 11.8 Å². The largest absolute Gasteiger partial charge is 0.356 e. The number of halogens is 1. The van der Waals surface area contributed by atoms with Crippen molar-refractivity contribution in [2.75, 3.05) is 20.6 Å². The molecule has 1 N–H and O–H groups in total. The van der Waals surface area contributed by atoms with Crippen molar-refractivity contribution in [1.82, 2.24) is 24.9 Å². The molecule has 0 fully saturated rings. The zero-order chi connectivity index (χ0) is 19.9. The number of rotatable bonds is 7. The molecule has 0 bridgehead atoms. The summed E-state index contributed by atoms with van der Waals surface area (Å²) in [5.41, 5.74) is 3.43. The first-order valence-electron chi connectivity index (χ1n) is 9.54. The molecule has 0 saturated heterocycles. The molecule has 0 unspecified atom stereocenters. The van der Waals surface area contributed by atoms with E-state index in [1.807, 2.05) is 33.2 Å². The predicted octanol–water partition coefficient (Wildman–Crippen LogP) is 3.51. The van der Waals surface area contributed by atoms with Gasteiger partial charge >= 0.3 is 0 Å². The van der Waals surface area contributed by atoms with E-state index in [2.05, 4.69) is 67.4 Å². The Morgan fingerprint density at radius 1 is 1.24 bits per heavy atom. The standard InChI is InChI=1S/C21H28N6O.HI/c1-5-19-24-20(28-25-19)17-10-8-16(9-11-17)12-13-23-21(22-2)27(4)15-18-7-6-14-26(18)3;/h6-11,14H,5,12-13,15H2,1-4H3,(H,22,23);1H. The zero-order valence-electron chi connectivity index (χ0n) is 17.4. The summed E-state index contributed by atoms with van der Waals surface area (Å²) in [5, 5.41) is 7.38. The number of nitrogens with zero attached hydrogens (tertiary/aromatic N) is 5. The summed E-state index contributed by atoms with van der Waals surface area (Å²) in [6.07, 6.45) is 3.73. The lowest BCUT2D eigenvalue weighted by Gasteiger charge is -2.22. The first-order chi connectivity index (χ1) is 13.6.